The summed E-state index contributed by atoms with van der Waals surface area (Å²) in [6.45, 7) is 2.02. The molecule has 0 fully saturated rings. The predicted molar refractivity (Wildman–Crippen MR) is 71.6 cm³/mol. The fraction of sp³-hybridized carbons (Fsp3) is 0.0833. The largest absolute Gasteiger partial charge is 0.288 e. The highest BCUT2D eigenvalue weighted by Crippen LogP contribution is 2.21. The molecule has 76 valence electrons. The fourth-order valence-corrected chi connectivity index (χ4v) is 2.65. The van der Waals surface area contributed by atoms with Crippen molar-refractivity contribution in [2.45, 2.75) is 6.92 Å². The van der Waals surface area contributed by atoms with E-state index >= 15 is 0 Å². The van der Waals surface area contributed by atoms with Gasteiger partial charge in [-0.15, -0.1) is 11.3 Å². The van der Waals surface area contributed by atoms with Gasteiger partial charge in [0.2, 0.25) is 5.78 Å². The van der Waals surface area contributed by atoms with Crippen LogP contribution in [0.3, 0.4) is 0 Å². The van der Waals surface area contributed by atoms with Crippen LogP contribution < -0.4 is 0 Å². The van der Waals surface area contributed by atoms with Gasteiger partial charge >= 0.3 is 0 Å². The number of hydrogen-bond donors (Lipinski definition) is 0. The topological polar surface area (TPSA) is 17.1 Å². The van der Waals surface area contributed by atoms with Gasteiger partial charge in [-0.25, -0.2) is 0 Å². The van der Waals surface area contributed by atoms with Crippen LogP contribution in [0.4, 0.5) is 0 Å². The van der Waals surface area contributed by atoms with Crippen molar-refractivity contribution in [2.24, 2.45) is 0 Å². The third-order valence-corrected chi connectivity index (χ3v) is 4.48. The van der Waals surface area contributed by atoms with E-state index in [1.165, 1.54) is 11.3 Å². The maximum Gasteiger partial charge on any atom is 0.204 e. The first-order valence-corrected chi connectivity index (χ1v) is 6.49. The standard InChI is InChI=1S/C12H9IOS/c1-8-4-2-5-9(11(8)13)12(14)10-6-3-7-15-10/h2-7H,1H3. The first-order chi connectivity index (χ1) is 7.20. The normalized spacial score (nSPS) is 10.3. The van der Waals surface area contributed by atoms with E-state index in [1.54, 1.807) is 0 Å². The Kier molecular flexibility index (Phi) is 3.21. The molecular formula is C12H9IOS. The molecule has 0 N–H and O–H groups in total. The highest BCUT2D eigenvalue weighted by atomic mass is 127. The molecule has 15 heavy (non-hydrogen) atoms. The molecule has 0 bridgehead atoms. The molecule has 1 aromatic carbocycles. The summed E-state index contributed by atoms with van der Waals surface area (Å²) in [5.74, 6) is 0.123. The summed E-state index contributed by atoms with van der Waals surface area (Å²) in [7, 11) is 0. The fourth-order valence-electron chi connectivity index (χ4n) is 1.36. The monoisotopic (exact) mass is 328 g/mol. The zero-order valence-corrected chi connectivity index (χ0v) is 11.1. The van der Waals surface area contributed by atoms with Crippen LogP contribution in [0, 0.1) is 10.5 Å². The van der Waals surface area contributed by atoms with Crippen LogP contribution in [0.2, 0.25) is 0 Å². The summed E-state index contributed by atoms with van der Waals surface area (Å²) in [6, 6.07) is 9.61. The summed E-state index contributed by atoms with van der Waals surface area (Å²) in [5.41, 5.74) is 1.95. The van der Waals surface area contributed by atoms with Crippen LogP contribution in [0.5, 0.6) is 0 Å². The van der Waals surface area contributed by atoms with Crippen molar-refractivity contribution in [3.63, 3.8) is 0 Å². The Hall–Kier alpha value is -0.680. The summed E-state index contributed by atoms with van der Waals surface area (Å²) in [4.78, 5) is 12.9. The first kappa shape index (κ1) is 10.8. The quantitative estimate of drug-likeness (QED) is 0.604. The van der Waals surface area contributed by atoms with Crippen LogP contribution >= 0.6 is 33.9 Å². The molecule has 2 aromatic rings. The lowest BCUT2D eigenvalue weighted by Gasteiger charge is -2.04. The van der Waals surface area contributed by atoms with Crippen LogP contribution in [-0.2, 0) is 0 Å². The average Bonchev–Trinajstić information content (AvgIpc) is 2.74. The van der Waals surface area contributed by atoms with Gasteiger partial charge in [0.25, 0.3) is 0 Å². The van der Waals surface area contributed by atoms with E-state index in [2.05, 4.69) is 22.6 Å². The molecule has 1 heterocycles. The second-order valence-corrected chi connectivity index (χ2v) is 5.27. The van der Waals surface area contributed by atoms with Gasteiger partial charge < -0.3 is 0 Å². The molecule has 1 nitrogen and oxygen atoms in total. The number of thiophene rings is 1. The van der Waals surface area contributed by atoms with Crippen LogP contribution in [0.25, 0.3) is 0 Å². The number of ketones is 1. The predicted octanol–water partition coefficient (Wildman–Crippen LogP) is 3.89. The van der Waals surface area contributed by atoms with Crippen molar-refractivity contribution < 1.29 is 4.79 Å². The third kappa shape index (κ3) is 2.13. The lowest BCUT2D eigenvalue weighted by atomic mass is 10.1. The van der Waals surface area contributed by atoms with E-state index in [0.717, 1.165) is 19.6 Å². The van der Waals surface area contributed by atoms with Gasteiger partial charge in [-0.1, -0.05) is 18.2 Å². The Morgan fingerprint density at radius 3 is 2.73 bits per heavy atom. The molecule has 0 aliphatic rings. The number of benzene rings is 1. The average molecular weight is 328 g/mol. The van der Waals surface area contributed by atoms with Crippen molar-refractivity contribution in [3.8, 4) is 0 Å². The van der Waals surface area contributed by atoms with E-state index in [0.29, 0.717) is 0 Å². The van der Waals surface area contributed by atoms with E-state index in [-0.39, 0.29) is 5.78 Å². The lowest BCUT2D eigenvalue weighted by Crippen LogP contribution is -2.02. The molecule has 0 amide bonds. The number of carbonyl (C=O) groups excluding carboxylic acids is 1. The lowest BCUT2D eigenvalue weighted by molar-refractivity contribution is 0.104. The number of carbonyl (C=O) groups is 1. The van der Waals surface area contributed by atoms with E-state index in [1.807, 2.05) is 42.6 Å². The number of rotatable bonds is 2. The zero-order valence-electron chi connectivity index (χ0n) is 8.16. The van der Waals surface area contributed by atoms with Gasteiger partial charge in [0.15, 0.2) is 0 Å². The van der Waals surface area contributed by atoms with E-state index in [9.17, 15) is 4.79 Å². The van der Waals surface area contributed by atoms with Crippen molar-refractivity contribution in [2.75, 3.05) is 0 Å². The van der Waals surface area contributed by atoms with Crippen molar-refractivity contribution in [3.05, 3.63) is 55.3 Å². The van der Waals surface area contributed by atoms with Crippen LogP contribution in [-0.4, -0.2) is 5.78 Å². The smallest absolute Gasteiger partial charge is 0.204 e. The van der Waals surface area contributed by atoms with Gasteiger partial charge in [0.05, 0.1) is 4.88 Å². The van der Waals surface area contributed by atoms with E-state index < -0.39 is 0 Å². The Balaban J connectivity index is 2.47. The van der Waals surface area contributed by atoms with Crippen molar-refractivity contribution in [1.29, 1.82) is 0 Å². The van der Waals surface area contributed by atoms with E-state index in [4.69, 9.17) is 0 Å². The molecule has 1 aromatic heterocycles. The van der Waals surface area contributed by atoms with Gasteiger partial charge in [-0.2, -0.15) is 0 Å². The number of hydrogen-bond acceptors (Lipinski definition) is 2. The highest BCUT2D eigenvalue weighted by Gasteiger charge is 2.13. The summed E-state index contributed by atoms with van der Waals surface area (Å²) in [6.07, 6.45) is 0. The van der Waals surface area contributed by atoms with Gasteiger partial charge in [-0.3, -0.25) is 4.79 Å². The highest BCUT2D eigenvalue weighted by molar-refractivity contribution is 14.1. The first-order valence-electron chi connectivity index (χ1n) is 4.53. The molecule has 0 atom stereocenters. The molecule has 0 aliphatic carbocycles. The molecule has 0 saturated heterocycles. The maximum atomic E-state index is 12.1. The third-order valence-electron chi connectivity index (χ3n) is 2.18. The molecule has 0 unspecified atom stereocenters. The van der Waals surface area contributed by atoms with Crippen LogP contribution in [0.1, 0.15) is 20.8 Å². The molecule has 0 radical (unpaired) electrons. The molecule has 0 saturated carbocycles. The second kappa shape index (κ2) is 4.45. The number of halogens is 1. The second-order valence-electron chi connectivity index (χ2n) is 3.24. The van der Waals surface area contributed by atoms with Crippen molar-refractivity contribution in [1.82, 2.24) is 0 Å². The van der Waals surface area contributed by atoms with Crippen LogP contribution in [0.15, 0.2) is 35.7 Å². The summed E-state index contributed by atoms with van der Waals surface area (Å²) in [5, 5.41) is 1.93. The zero-order chi connectivity index (χ0) is 10.8. The molecule has 0 aliphatic heterocycles. The minimum Gasteiger partial charge on any atom is -0.288 e. The number of aryl methyl sites for hydroxylation is 1. The SMILES string of the molecule is Cc1cccc(C(=O)c2cccs2)c1I. The Labute approximate surface area is 106 Å². The Bertz CT molecular complexity index is 488. The minimum atomic E-state index is 0.123. The van der Waals surface area contributed by atoms with Crippen molar-refractivity contribution >= 4 is 39.7 Å². The van der Waals surface area contributed by atoms with Gasteiger partial charge in [-0.05, 0) is 52.6 Å². The minimum absolute atomic E-state index is 0.123. The van der Waals surface area contributed by atoms with Gasteiger partial charge in [0.1, 0.15) is 0 Å². The summed E-state index contributed by atoms with van der Waals surface area (Å²) < 4.78 is 1.05. The Morgan fingerprint density at radius 2 is 2.07 bits per heavy atom. The summed E-state index contributed by atoms with van der Waals surface area (Å²) >= 11 is 3.72. The maximum absolute atomic E-state index is 12.1. The van der Waals surface area contributed by atoms with Gasteiger partial charge in [0, 0.05) is 9.13 Å². The molecule has 2 rings (SSSR count). The Morgan fingerprint density at radius 1 is 1.27 bits per heavy atom. The molecular weight excluding hydrogens is 319 g/mol. The molecule has 3 heteroatoms. The molecule has 0 spiro atoms.